The van der Waals surface area contributed by atoms with E-state index < -0.39 is 5.54 Å². The lowest BCUT2D eigenvalue weighted by Crippen LogP contribution is -2.51. The predicted octanol–water partition coefficient (Wildman–Crippen LogP) is 1.35. The Labute approximate surface area is 115 Å². The molecule has 0 heterocycles. The summed E-state index contributed by atoms with van der Waals surface area (Å²) < 4.78 is 4.72. The van der Waals surface area contributed by atoms with Crippen LogP contribution < -0.4 is 11.1 Å². The van der Waals surface area contributed by atoms with Crippen LogP contribution in [-0.4, -0.2) is 30.6 Å². The second-order valence-electron chi connectivity index (χ2n) is 5.50. The minimum absolute atomic E-state index is 0.00915. The first kappa shape index (κ1) is 16.0. The van der Waals surface area contributed by atoms with Gasteiger partial charge in [-0.05, 0) is 32.1 Å². The molecular formula is C14H26N2O3. The number of hydrogen-bond acceptors (Lipinski definition) is 4. The van der Waals surface area contributed by atoms with Crippen molar-refractivity contribution >= 4 is 11.9 Å². The van der Waals surface area contributed by atoms with Crippen molar-refractivity contribution in [2.45, 2.75) is 64.0 Å². The van der Waals surface area contributed by atoms with Crippen molar-refractivity contribution in [2.24, 2.45) is 11.7 Å². The minimum Gasteiger partial charge on any atom is -0.469 e. The van der Waals surface area contributed by atoms with Crippen molar-refractivity contribution in [3.8, 4) is 0 Å². The van der Waals surface area contributed by atoms with Crippen LogP contribution in [-0.2, 0) is 14.3 Å². The average molecular weight is 270 g/mol. The molecule has 1 aliphatic carbocycles. The van der Waals surface area contributed by atoms with E-state index >= 15 is 0 Å². The van der Waals surface area contributed by atoms with E-state index in [1.807, 2.05) is 13.8 Å². The Balaban J connectivity index is 2.66. The van der Waals surface area contributed by atoms with E-state index in [1.54, 1.807) is 0 Å². The summed E-state index contributed by atoms with van der Waals surface area (Å²) in [6, 6.07) is 0.133. The largest absolute Gasteiger partial charge is 0.469 e. The van der Waals surface area contributed by atoms with Gasteiger partial charge in [0, 0.05) is 17.5 Å². The van der Waals surface area contributed by atoms with Crippen LogP contribution in [0.5, 0.6) is 0 Å². The van der Waals surface area contributed by atoms with Gasteiger partial charge in [-0.25, -0.2) is 0 Å². The first-order chi connectivity index (χ1) is 8.96. The maximum absolute atomic E-state index is 12.3. The second kappa shape index (κ2) is 6.89. The van der Waals surface area contributed by atoms with Gasteiger partial charge >= 0.3 is 5.97 Å². The lowest BCUT2D eigenvalue weighted by atomic mass is 9.88. The molecule has 0 spiro atoms. The van der Waals surface area contributed by atoms with Crippen LogP contribution in [0.15, 0.2) is 0 Å². The third kappa shape index (κ3) is 4.20. The van der Waals surface area contributed by atoms with Crippen molar-refractivity contribution < 1.29 is 14.3 Å². The Bertz CT molecular complexity index is 327. The Morgan fingerprint density at radius 1 is 1.32 bits per heavy atom. The molecule has 0 aromatic carbocycles. The number of amides is 1. The topological polar surface area (TPSA) is 81.4 Å². The molecule has 5 heteroatoms. The molecule has 0 saturated heterocycles. The predicted molar refractivity (Wildman–Crippen MR) is 73.4 cm³/mol. The quantitative estimate of drug-likeness (QED) is 0.714. The normalized spacial score (nSPS) is 23.2. The van der Waals surface area contributed by atoms with E-state index in [-0.39, 0.29) is 30.3 Å². The molecular weight excluding hydrogens is 244 g/mol. The smallest absolute Gasteiger partial charge is 0.307 e. The summed E-state index contributed by atoms with van der Waals surface area (Å²) in [6.07, 6.45) is 4.13. The highest BCUT2D eigenvalue weighted by Gasteiger charge is 2.35. The number of esters is 1. The standard InChI is InChI=1S/C14H26N2O3/c1-4-14(5-2,9-12(17)19-3)16-13(18)10-6-7-11(15)8-10/h10-11H,4-9,15H2,1-3H3,(H,16,18). The SMILES string of the molecule is CCC(CC)(CC(=O)OC)NC(=O)C1CCC(N)C1. The Morgan fingerprint density at radius 2 is 1.95 bits per heavy atom. The molecule has 1 saturated carbocycles. The molecule has 2 unspecified atom stereocenters. The highest BCUT2D eigenvalue weighted by molar-refractivity contribution is 5.81. The molecule has 19 heavy (non-hydrogen) atoms. The van der Waals surface area contributed by atoms with Crippen LogP contribution in [0.1, 0.15) is 52.4 Å². The zero-order valence-corrected chi connectivity index (χ0v) is 12.2. The summed E-state index contributed by atoms with van der Waals surface area (Å²) in [5.41, 5.74) is 5.35. The van der Waals surface area contributed by atoms with Crippen LogP contribution in [0.25, 0.3) is 0 Å². The van der Waals surface area contributed by atoms with Crippen molar-refractivity contribution in [2.75, 3.05) is 7.11 Å². The van der Waals surface area contributed by atoms with Gasteiger partial charge in [0.2, 0.25) is 5.91 Å². The van der Waals surface area contributed by atoms with Gasteiger partial charge in [0.05, 0.1) is 13.5 Å². The first-order valence-corrected chi connectivity index (χ1v) is 7.10. The highest BCUT2D eigenvalue weighted by atomic mass is 16.5. The van der Waals surface area contributed by atoms with Gasteiger partial charge < -0.3 is 15.8 Å². The maximum atomic E-state index is 12.3. The van der Waals surface area contributed by atoms with Crippen LogP contribution >= 0.6 is 0 Å². The molecule has 0 aromatic rings. The molecule has 5 nitrogen and oxygen atoms in total. The van der Waals surface area contributed by atoms with E-state index in [0.717, 1.165) is 19.3 Å². The fourth-order valence-electron chi connectivity index (χ4n) is 2.69. The lowest BCUT2D eigenvalue weighted by Gasteiger charge is -2.33. The molecule has 3 N–H and O–H groups in total. The molecule has 1 fully saturated rings. The molecule has 2 atom stereocenters. The van der Waals surface area contributed by atoms with Crippen LogP contribution in [0.3, 0.4) is 0 Å². The van der Waals surface area contributed by atoms with Gasteiger partial charge in [-0.15, -0.1) is 0 Å². The number of carbonyl (C=O) groups is 2. The molecule has 1 rings (SSSR count). The monoisotopic (exact) mass is 270 g/mol. The number of carbonyl (C=O) groups excluding carboxylic acids is 2. The first-order valence-electron chi connectivity index (χ1n) is 7.10. The fraction of sp³-hybridized carbons (Fsp3) is 0.857. The van der Waals surface area contributed by atoms with Crippen LogP contribution in [0, 0.1) is 5.92 Å². The van der Waals surface area contributed by atoms with Gasteiger partial charge in [0.25, 0.3) is 0 Å². The fourth-order valence-corrected chi connectivity index (χ4v) is 2.69. The third-order valence-corrected chi connectivity index (χ3v) is 4.30. The van der Waals surface area contributed by atoms with Crippen LogP contribution in [0.4, 0.5) is 0 Å². The minimum atomic E-state index is -0.489. The zero-order chi connectivity index (χ0) is 14.5. The average Bonchev–Trinajstić information content (AvgIpc) is 2.84. The van der Waals surface area contributed by atoms with Crippen molar-refractivity contribution in [3.63, 3.8) is 0 Å². The summed E-state index contributed by atoms with van der Waals surface area (Å²) in [5, 5.41) is 3.06. The summed E-state index contributed by atoms with van der Waals surface area (Å²) in [4.78, 5) is 23.8. The molecule has 0 aliphatic heterocycles. The van der Waals surface area contributed by atoms with Gasteiger partial charge in [-0.2, -0.15) is 0 Å². The van der Waals surface area contributed by atoms with Crippen molar-refractivity contribution in [1.82, 2.24) is 5.32 Å². The number of nitrogens with two attached hydrogens (primary N) is 1. The van der Waals surface area contributed by atoms with Gasteiger partial charge in [-0.3, -0.25) is 9.59 Å². The number of ether oxygens (including phenoxy) is 1. The van der Waals surface area contributed by atoms with Crippen molar-refractivity contribution in [3.05, 3.63) is 0 Å². The molecule has 1 aliphatic rings. The van der Waals surface area contributed by atoms with E-state index in [9.17, 15) is 9.59 Å². The number of nitrogens with one attached hydrogen (secondary N) is 1. The Morgan fingerprint density at radius 3 is 2.37 bits per heavy atom. The van der Waals surface area contributed by atoms with E-state index in [4.69, 9.17) is 10.5 Å². The van der Waals surface area contributed by atoms with E-state index in [1.165, 1.54) is 7.11 Å². The van der Waals surface area contributed by atoms with Gasteiger partial charge in [-0.1, -0.05) is 13.8 Å². The zero-order valence-electron chi connectivity index (χ0n) is 12.2. The number of methoxy groups -OCH3 is 1. The van der Waals surface area contributed by atoms with Crippen LogP contribution in [0.2, 0.25) is 0 Å². The molecule has 1 amide bonds. The molecule has 0 radical (unpaired) electrons. The van der Waals surface area contributed by atoms with Gasteiger partial charge in [0.15, 0.2) is 0 Å². The number of hydrogen-bond donors (Lipinski definition) is 2. The summed E-state index contributed by atoms with van der Waals surface area (Å²) in [5.74, 6) is -0.266. The summed E-state index contributed by atoms with van der Waals surface area (Å²) >= 11 is 0. The second-order valence-corrected chi connectivity index (χ2v) is 5.50. The van der Waals surface area contributed by atoms with E-state index in [0.29, 0.717) is 12.8 Å². The van der Waals surface area contributed by atoms with E-state index in [2.05, 4.69) is 5.32 Å². The number of rotatable bonds is 6. The summed E-state index contributed by atoms with van der Waals surface area (Å²) in [6.45, 7) is 3.96. The van der Waals surface area contributed by atoms with Gasteiger partial charge in [0.1, 0.15) is 0 Å². The third-order valence-electron chi connectivity index (χ3n) is 4.30. The summed E-state index contributed by atoms with van der Waals surface area (Å²) in [7, 11) is 1.37. The highest BCUT2D eigenvalue weighted by Crippen LogP contribution is 2.27. The molecule has 0 bridgehead atoms. The lowest BCUT2D eigenvalue weighted by molar-refractivity contribution is -0.143. The maximum Gasteiger partial charge on any atom is 0.307 e. The molecule has 0 aromatic heterocycles. The molecule has 110 valence electrons. The van der Waals surface area contributed by atoms with Crippen molar-refractivity contribution in [1.29, 1.82) is 0 Å². The Kier molecular flexibility index (Phi) is 5.79. The Hall–Kier alpha value is -1.10.